The topological polar surface area (TPSA) is 64.4 Å². The van der Waals surface area contributed by atoms with Crippen LogP contribution in [-0.4, -0.2) is 18.6 Å². The summed E-state index contributed by atoms with van der Waals surface area (Å²) >= 11 is 0. The number of rotatable bonds is 3. The fraction of sp³-hybridized carbons (Fsp3) is 0.562. The number of halogens is 1. The fourth-order valence-corrected chi connectivity index (χ4v) is 3.25. The molecule has 1 aromatic carbocycles. The first-order chi connectivity index (χ1) is 9.74. The number of carbonyl (C=O) groups excluding carboxylic acids is 1. The summed E-state index contributed by atoms with van der Waals surface area (Å²) in [6.45, 7) is 0.730. The van der Waals surface area contributed by atoms with Crippen molar-refractivity contribution in [3.05, 3.63) is 23.8 Å². The van der Waals surface area contributed by atoms with E-state index in [0.717, 1.165) is 50.1 Å². The molecule has 1 aliphatic heterocycles. The molecule has 1 aliphatic carbocycles. The molecule has 116 valence electrons. The highest BCUT2D eigenvalue weighted by molar-refractivity contribution is 5.92. The predicted octanol–water partition coefficient (Wildman–Crippen LogP) is 2.89. The normalized spacial score (nSPS) is 23.7. The second kappa shape index (κ2) is 7.14. The van der Waals surface area contributed by atoms with Crippen LogP contribution >= 0.6 is 12.4 Å². The molecule has 3 rings (SSSR count). The maximum atomic E-state index is 12.2. The number of carbonyl (C=O) groups is 1. The van der Waals surface area contributed by atoms with Crippen LogP contribution in [0, 0.1) is 5.92 Å². The van der Waals surface area contributed by atoms with Crippen LogP contribution in [0.2, 0.25) is 0 Å². The van der Waals surface area contributed by atoms with E-state index in [4.69, 9.17) is 10.5 Å². The van der Waals surface area contributed by atoms with E-state index in [1.165, 1.54) is 5.56 Å². The van der Waals surface area contributed by atoms with Gasteiger partial charge in [-0.2, -0.15) is 0 Å². The predicted molar refractivity (Wildman–Crippen MR) is 86.1 cm³/mol. The number of fused-ring (bicyclic) bond motifs is 1. The lowest BCUT2D eigenvalue weighted by Crippen LogP contribution is -2.28. The highest BCUT2D eigenvalue weighted by Gasteiger charge is 2.26. The van der Waals surface area contributed by atoms with Crippen LogP contribution in [0.1, 0.15) is 37.7 Å². The summed E-state index contributed by atoms with van der Waals surface area (Å²) in [4.78, 5) is 12.2. The Kier molecular flexibility index (Phi) is 5.48. The van der Waals surface area contributed by atoms with E-state index in [0.29, 0.717) is 12.3 Å². The largest absolute Gasteiger partial charge is 0.491 e. The van der Waals surface area contributed by atoms with E-state index < -0.39 is 0 Å². The minimum absolute atomic E-state index is 0. The zero-order valence-corrected chi connectivity index (χ0v) is 13.0. The molecule has 0 radical (unpaired) electrons. The first kappa shape index (κ1) is 16.1. The molecule has 1 aromatic rings. The highest BCUT2D eigenvalue weighted by Crippen LogP contribution is 2.33. The van der Waals surface area contributed by atoms with E-state index in [1.54, 1.807) is 0 Å². The van der Waals surface area contributed by atoms with Gasteiger partial charge in [-0.1, -0.05) is 18.6 Å². The van der Waals surface area contributed by atoms with Crippen LogP contribution < -0.4 is 15.8 Å². The van der Waals surface area contributed by atoms with E-state index >= 15 is 0 Å². The maximum Gasteiger partial charge on any atom is 0.224 e. The Morgan fingerprint density at radius 1 is 1.33 bits per heavy atom. The number of nitrogens with one attached hydrogen (secondary N) is 1. The molecule has 2 aliphatic rings. The number of hydrogen-bond acceptors (Lipinski definition) is 3. The number of amides is 1. The second-order valence-corrected chi connectivity index (χ2v) is 5.85. The van der Waals surface area contributed by atoms with Crippen molar-refractivity contribution in [1.29, 1.82) is 0 Å². The monoisotopic (exact) mass is 310 g/mol. The molecular formula is C16H23ClN2O2. The number of ether oxygens (including phenoxy) is 1. The lowest BCUT2D eigenvalue weighted by molar-refractivity contribution is -0.117. The summed E-state index contributed by atoms with van der Waals surface area (Å²) in [5.41, 5.74) is 8.02. The van der Waals surface area contributed by atoms with Gasteiger partial charge in [-0.3, -0.25) is 4.79 Å². The van der Waals surface area contributed by atoms with E-state index in [2.05, 4.69) is 11.4 Å². The van der Waals surface area contributed by atoms with E-state index in [1.807, 2.05) is 12.1 Å². The summed E-state index contributed by atoms with van der Waals surface area (Å²) in [5, 5.41) is 3.00. The van der Waals surface area contributed by atoms with Gasteiger partial charge in [0.05, 0.1) is 12.3 Å². The SMILES string of the molecule is Cl.N[C@@H]1CCC[C@H]1CC(=O)Nc1cccc2c1OCCC2. The van der Waals surface area contributed by atoms with Gasteiger partial charge >= 0.3 is 0 Å². The molecule has 2 atom stereocenters. The average Bonchev–Trinajstić information content (AvgIpc) is 2.85. The van der Waals surface area contributed by atoms with E-state index in [-0.39, 0.29) is 24.4 Å². The lowest BCUT2D eigenvalue weighted by Gasteiger charge is -2.21. The summed E-state index contributed by atoms with van der Waals surface area (Å²) in [6.07, 6.45) is 5.83. The number of para-hydroxylation sites is 1. The van der Waals surface area contributed by atoms with Crippen LogP contribution in [0.4, 0.5) is 5.69 Å². The first-order valence-corrected chi connectivity index (χ1v) is 7.54. The number of hydrogen-bond donors (Lipinski definition) is 2. The minimum Gasteiger partial charge on any atom is -0.491 e. The van der Waals surface area contributed by atoms with Gasteiger partial charge in [-0.15, -0.1) is 12.4 Å². The molecule has 21 heavy (non-hydrogen) atoms. The van der Waals surface area contributed by atoms with Gasteiger partial charge in [0.1, 0.15) is 5.75 Å². The molecule has 3 N–H and O–H groups in total. The summed E-state index contributed by atoms with van der Waals surface area (Å²) in [6, 6.07) is 6.14. The van der Waals surface area contributed by atoms with Crippen LogP contribution in [-0.2, 0) is 11.2 Å². The van der Waals surface area contributed by atoms with Crippen molar-refractivity contribution >= 4 is 24.0 Å². The van der Waals surface area contributed by atoms with Crippen molar-refractivity contribution in [3.63, 3.8) is 0 Å². The van der Waals surface area contributed by atoms with Crippen LogP contribution in [0.3, 0.4) is 0 Å². The van der Waals surface area contributed by atoms with Crippen molar-refractivity contribution in [2.45, 2.75) is 44.6 Å². The first-order valence-electron chi connectivity index (χ1n) is 7.54. The molecular weight excluding hydrogens is 288 g/mol. The maximum absolute atomic E-state index is 12.2. The molecule has 1 heterocycles. The molecule has 0 saturated heterocycles. The van der Waals surface area contributed by atoms with E-state index in [9.17, 15) is 4.79 Å². The van der Waals surface area contributed by atoms with Gasteiger partial charge in [-0.05, 0) is 43.2 Å². The molecule has 0 unspecified atom stereocenters. The van der Waals surface area contributed by atoms with Crippen LogP contribution in [0.15, 0.2) is 18.2 Å². The smallest absolute Gasteiger partial charge is 0.224 e. The van der Waals surface area contributed by atoms with Crippen molar-refractivity contribution in [1.82, 2.24) is 0 Å². The third-order valence-corrected chi connectivity index (χ3v) is 4.37. The fourth-order valence-electron chi connectivity index (χ4n) is 3.25. The summed E-state index contributed by atoms with van der Waals surface area (Å²) < 4.78 is 5.71. The molecule has 0 aromatic heterocycles. The standard InChI is InChI=1S/C16H22N2O2.ClH/c17-13-7-1-5-12(13)10-15(19)18-14-8-2-4-11-6-3-9-20-16(11)14;/h2,4,8,12-13H,1,3,5-7,9-10,17H2,(H,18,19);1H/t12-,13+;/m0./s1. The van der Waals surface area contributed by atoms with Gasteiger partial charge in [-0.25, -0.2) is 0 Å². The Morgan fingerprint density at radius 3 is 2.95 bits per heavy atom. The van der Waals surface area contributed by atoms with Gasteiger partial charge < -0.3 is 15.8 Å². The Balaban J connectivity index is 0.00000161. The van der Waals surface area contributed by atoms with Gasteiger partial charge in [0.25, 0.3) is 0 Å². The van der Waals surface area contributed by atoms with Gasteiger partial charge in [0.2, 0.25) is 5.91 Å². The van der Waals surface area contributed by atoms with Gasteiger partial charge in [0.15, 0.2) is 0 Å². The quantitative estimate of drug-likeness (QED) is 0.902. The lowest BCUT2D eigenvalue weighted by atomic mass is 9.99. The Labute approximate surface area is 131 Å². The minimum atomic E-state index is 0. The molecule has 1 amide bonds. The molecule has 0 spiro atoms. The number of nitrogens with two attached hydrogens (primary N) is 1. The Morgan fingerprint density at radius 2 is 2.19 bits per heavy atom. The molecule has 0 bridgehead atoms. The third kappa shape index (κ3) is 3.69. The second-order valence-electron chi connectivity index (χ2n) is 5.85. The number of anilines is 1. The Hall–Kier alpha value is -1.26. The summed E-state index contributed by atoms with van der Waals surface area (Å²) in [7, 11) is 0. The average molecular weight is 311 g/mol. The molecule has 1 fully saturated rings. The van der Waals surface area contributed by atoms with Crippen LogP contribution in [0.5, 0.6) is 5.75 Å². The van der Waals surface area contributed by atoms with Crippen molar-refractivity contribution in [2.75, 3.05) is 11.9 Å². The zero-order valence-electron chi connectivity index (χ0n) is 12.1. The number of benzene rings is 1. The molecule has 1 saturated carbocycles. The highest BCUT2D eigenvalue weighted by atomic mass is 35.5. The van der Waals surface area contributed by atoms with Gasteiger partial charge in [0, 0.05) is 12.5 Å². The molecule has 5 heteroatoms. The molecule has 4 nitrogen and oxygen atoms in total. The van der Waals surface area contributed by atoms with Crippen molar-refractivity contribution in [2.24, 2.45) is 11.7 Å². The Bertz CT molecular complexity index is 507. The van der Waals surface area contributed by atoms with Crippen molar-refractivity contribution in [3.8, 4) is 5.75 Å². The zero-order chi connectivity index (χ0) is 13.9. The van der Waals surface area contributed by atoms with Crippen molar-refractivity contribution < 1.29 is 9.53 Å². The van der Waals surface area contributed by atoms with Crippen LogP contribution in [0.25, 0.3) is 0 Å². The summed E-state index contributed by atoms with van der Waals surface area (Å²) in [5.74, 6) is 1.23. The number of aryl methyl sites for hydroxylation is 1. The third-order valence-electron chi connectivity index (χ3n) is 4.37.